The summed E-state index contributed by atoms with van der Waals surface area (Å²) >= 11 is 0. The van der Waals surface area contributed by atoms with Crippen LogP contribution in [0, 0.1) is 5.92 Å². The number of H-pyrrole nitrogens is 1. The van der Waals surface area contributed by atoms with Gasteiger partial charge >= 0.3 is 0 Å². The van der Waals surface area contributed by atoms with E-state index in [-0.39, 0.29) is 18.3 Å². The number of para-hydroxylation sites is 1. The first-order valence-electron chi connectivity index (χ1n) is 5.75. The first-order valence-corrected chi connectivity index (χ1v) is 5.75. The summed E-state index contributed by atoms with van der Waals surface area (Å²) in [6.07, 6.45) is 1.72. The summed E-state index contributed by atoms with van der Waals surface area (Å²) in [5, 5.41) is 13.9. The number of carbonyl (C=O) groups is 1. The molecule has 2 heterocycles. The van der Waals surface area contributed by atoms with Crippen LogP contribution in [0.3, 0.4) is 0 Å². The van der Waals surface area contributed by atoms with E-state index in [9.17, 15) is 4.79 Å². The van der Waals surface area contributed by atoms with Gasteiger partial charge in [-0.3, -0.25) is 9.89 Å². The van der Waals surface area contributed by atoms with Crippen LogP contribution >= 0.6 is 12.4 Å². The maximum atomic E-state index is 12.0. The molecule has 1 aromatic carbocycles. The van der Waals surface area contributed by atoms with E-state index in [0.29, 0.717) is 11.5 Å². The molecule has 3 rings (SSSR count). The Balaban J connectivity index is 0.00000120. The van der Waals surface area contributed by atoms with E-state index in [1.165, 1.54) is 0 Å². The first-order chi connectivity index (χ1) is 8.34. The SMILES string of the molecule is Cl.O=C(NCC1CNC1)c1cccc2cn[nH]c12. The van der Waals surface area contributed by atoms with Gasteiger partial charge < -0.3 is 10.6 Å². The monoisotopic (exact) mass is 266 g/mol. The topological polar surface area (TPSA) is 69.8 Å². The fraction of sp³-hybridized carbons (Fsp3) is 0.333. The Morgan fingerprint density at radius 1 is 1.44 bits per heavy atom. The van der Waals surface area contributed by atoms with Gasteiger partial charge in [-0.1, -0.05) is 12.1 Å². The number of hydrogen-bond acceptors (Lipinski definition) is 3. The minimum Gasteiger partial charge on any atom is -0.352 e. The number of amides is 1. The third-order valence-corrected chi connectivity index (χ3v) is 3.14. The number of rotatable bonds is 3. The minimum atomic E-state index is -0.0354. The number of nitrogens with one attached hydrogen (secondary N) is 3. The fourth-order valence-electron chi connectivity index (χ4n) is 1.98. The fourth-order valence-corrected chi connectivity index (χ4v) is 1.98. The average Bonchev–Trinajstić information content (AvgIpc) is 2.74. The lowest BCUT2D eigenvalue weighted by molar-refractivity contribution is 0.0943. The van der Waals surface area contributed by atoms with Crippen molar-refractivity contribution < 1.29 is 4.79 Å². The summed E-state index contributed by atoms with van der Waals surface area (Å²) in [6.45, 7) is 2.72. The summed E-state index contributed by atoms with van der Waals surface area (Å²) in [5.74, 6) is 0.534. The lowest BCUT2D eigenvalue weighted by Crippen LogP contribution is -2.48. The van der Waals surface area contributed by atoms with Gasteiger partial charge in [-0.05, 0) is 6.07 Å². The molecule has 0 radical (unpaired) electrons. The van der Waals surface area contributed by atoms with Gasteiger partial charge in [-0.15, -0.1) is 12.4 Å². The normalized spacial score (nSPS) is 14.9. The van der Waals surface area contributed by atoms with Gasteiger partial charge in [0.2, 0.25) is 0 Å². The predicted molar refractivity (Wildman–Crippen MR) is 72.0 cm³/mol. The quantitative estimate of drug-likeness (QED) is 0.774. The molecule has 5 nitrogen and oxygen atoms in total. The van der Waals surface area contributed by atoms with Crippen LogP contribution in [-0.2, 0) is 0 Å². The largest absolute Gasteiger partial charge is 0.352 e. The molecule has 0 bridgehead atoms. The Morgan fingerprint density at radius 3 is 3.00 bits per heavy atom. The van der Waals surface area contributed by atoms with Crippen LogP contribution in [0.2, 0.25) is 0 Å². The first kappa shape index (κ1) is 12.9. The summed E-state index contributed by atoms with van der Waals surface area (Å²) in [6, 6.07) is 5.62. The molecule has 2 aromatic rings. The van der Waals surface area contributed by atoms with Crippen molar-refractivity contribution in [3.8, 4) is 0 Å². The lowest BCUT2D eigenvalue weighted by Gasteiger charge is -2.27. The third kappa shape index (κ3) is 2.32. The molecular weight excluding hydrogens is 252 g/mol. The molecule has 1 aliphatic heterocycles. The number of hydrogen-bond donors (Lipinski definition) is 3. The molecule has 0 spiro atoms. The van der Waals surface area contributed by atoms with Crippen molar-refractivity contribution in [2.45, 2.75) is 0 Å². The van der Waals surface area contributed by atoms with E-state index in [4.69, 9.17) is 0 Å². The standard InChI is InChI=1S/C12H14N4O.ClH/c17-12(14-6-8-4-13-5-8)10-3-1-2-9-7-15-16-11(9)10;/h1-3,7-8,13H,4-6H2,(H,14,17)(H,15,16);1H. The molecule has 18 heavy (non-hydrogen) atoms. The van der Waals surface area contributed by atoms with Gasteiger partial charge in [-0.25, -0.2) is 0 Å². The van der Waals surface area contributed by atoms with E-state index in [2.05, 4.69) is 20.8 Å². The number of carbonyl (C=O) groups excluding carboxylic acids is 1. The van der Waals surface area contributed by atoms with Crippen molar-refractivity contribution in [2.24, 2.45) is 5.92 Å². The van der Waals surface area contributed by atoms with Crippen LogP contribution in [-0.4, -0.2) is 35.7 Å². The summed E-state index contributed by atoms with van der Waals surface area (Å²) in [5.41, 5.74) is 1.46. The van der Waals surface area contributed by atoms with Gasteiger partial charge in [-0.2, -0.15) is 5.10 Å². The van der Waals surface area contributed by atoms with Crippen LogP contribution in [0.15, 0.2) is 24.4 Å². The Morgan fingerprint density at radius 2 is 2.28 bits per heavy atom. The van der Waals surface area contributed by atoms with E-state index in [1.54, 1.807) is 6.20 Å². The highest BCUT2D eigenvalue weighted by Crippen LogP contribution is 2.15. The number of benzene rings is 1. The van der Waals surface area contributed by atoms with E-state index in [1.807, 2.05) is 18.2 Å². The molecule has 1 aliphatic rings. The van der Waals surface area contributed by atoms with Crippen molar-refractivity contribution >= 4 is 29.2 Å². The molecule has 0 unspecified atom stereocenters. The molecule has 1 amide bonds. The zero-order valence-corrected chi connectivity index (χ0v) is 10.6. The predicted octanol–water partition coefficient (Wildman–Crippen LogP) is 0.934. The molecule has 96 valence electrons. The molecule has 1 saturated heterocycles. The molecule has 1 fully saturated rings. The molecule has 0 atom stereocenters. The van der Waals surface area contributed by atoms with E-state index >= 15 is 0 Å². The maximum Gasteiger partial charge on any atom is 0.253 e. The van der Waals surface area contributed by atoms with Crippen LogP contribution < -0.4 is 10.6 Å². The summed E-state index contributed by atoms with van der Waals surface area (Å²) in [4.78, 5) is 12.0. The second-order valence-corrected chi connectivity index (χ2v) is 4.37. The smallest absolute Gasteiger partial charge is 0.253 e. The summed E-state index contributed by atoms with van der Waals surface area (Å²) in [7, 11) is 0. The van der Waals surface area contributed by atoms with Crippen molar-refractivity contribution in [1.29, 1.82) is 0 Å². The minimum absolute atomic E-state index is 0. The Kier molecular flexibility index (Phi) is 3.84. The molecule has 0 saturated carbocycles. The second-order valence-electron chi connectivity index (χ2n) is 4.37. The second kappa shape index (κ2) is 5.37. The Labute approximate surface area is 111 Å². The van der Waals surface area contributed by atoms with Crippen molar-refractivity contribution in [3.05, 3.63) is 30.0 Å². The highest BCUT2D eigenvalue weighted by Gasteiger charge is 2.18. The van der Waals surface area contributed by atoms with Gasteiger partial charge in [0.25, 0.3) is 5.91 Å². The highest BCUT2D eigenvalue weighted by molar-refractivity contribution is 6.05. The number of halogens is 1. The number of fused-ring (bicyclic) bond motifs is 1. The van der Waals surface area contributed by atoms with Crippen LogP contribution in [0.1, 0.15) is 10.4 Å². The van der Waals surface area contributed by atoms with Gasteiger partial charge in [0.15, 0.2) is 0 Å². The molecule has 1 aromatic heterocycles. The van der Waals surface area contributed by atoms with Crippen molar-refractivity contribution in [3.63, 3.8) is 0 Å². The lowest BCUT2D eigenvalue weighted by atomic mass is 10.0. The Bertz CT molecular complexity index is 550. The van der Waals surface area contributed by atoms with Crippen LogP contribution in [0.4, 0.5) is 0 Å². The van der Waals surface area contributed by atoms with Gasteiger partial charge in [0.1, 0.15) is 0 Å². The van der Waals surface area contributed by atoms with Crippen molar-refractivity contribution in [2.75, 3.05) is 19.6 Å². The number of aromatic nitrogens is 2. The highest BCUT2D eigenvalue weighted by atomic mass is 35.5. The number of aromatic amines is 1. The van der Waals surface area contributed by atoms with Crippen molar-refractivity contribution in [1.82, 2.24) is 20.8 Å². The van der Waals surface area contributed by atoms with Gasteiger partial charge in [0.05, 0.1) is 17.3 Å². The molecule has 6 heteroatoms. The molecule has 0 aliphatic carbocycles. The third-order valence-electron chi connectivity index (χ3n) is 3.14. The average molecular weight is 267 g/mol. The van der Waals surface area contributed by atoms with Crippen LogP contribution in [0.25, 0.3) is 10.9 Å². The zero-order chi connectivity index (χ0) is 11.7. The summed E-state index contributed by atoms with van der Waals surface area (Å²) < 4.78 is 0. The van der Waals surface area contributed by atoms with Gasteiger partial charge in [0, 0.05) is 30.9 Å². The molecular formula is C12H15ClN4O. The number of nitrogens with zero attached hydrogens (tertiary/aromatic N) is 1. The maximum absolute atomic E-state index is 12.0. The van der Waals surface area contributed by atoms with E-state index in [0.717, 1.165) is 30.5 Å². The molecule has 3 N–H and O–H groups in total. The van der Waals surface area contributed by atoms with Crippen LogP contribution in [0.5, 0.6) is 0 Å². The van der Waals surface area contributed by atoms with E-state index < -0.39 is 0 Å². The zero-order valence-electron chi connectivity index (χ0n) is 9.77. The Hall–Kier alpha value is -1.59.